The summed E-state index contributed by atoms with van der Waals surface area (Å²) in [5, 5.41) is 17.7. The van der Waals surface area contributed by atoms with E-state index >= 15 is 0 Å². The molecule has 0 fully saturated rings. The normalized spacial score (nSPS) is 15.8. The molecule has 3 N–H and O–H groups in total. The van der Waals surface area contributed by atoms with Gasteiger partial charge in [0.1, 0.15) is 5.71 Å². The Hall–Kier alpha value is -5.27. The van der Waals surface area contributed by atoms with Crippen molar-refractivity contribution in [2.45, 2.75) is 26.4 Å². The van der Waals surface area contributed by atoms with Crippen LogP contribution in [0.2, 0.25) is 0 Å². The molecule has 1 unspecified atom stereocenters. The van der Waals surface area contributed by atoms with Crippen LogP contribution < -0.4 is 21.0 Å². The molecule has 0 aliphatic carbocycles. The first kappa shape index (κ1) is 30.2. The Bertz CT molecular complexity index is 1750. The molecule has 7 heteroatoms. The smallest absolute Gasteiger partial charge is 0.300 e. The minimum Gasteiger partial charge on any atom is -0.350 e. The van der Waals surface area contributed by atoms with Gasteiger partial charge < -0.3 is 16.0 Å². The number of hydrogen-bond donors (Lipinski definition) is 3. The van der Waals surface area contributed by atoms with Crippen LogP contribution in [0, 0.1) is 6.92 Å². The van der Waals surface area contributed by atoms with Crippen LogP contribution in [0.4, 0.5) is 11.4 Å². The number of hydrazone groups is 1. The lowest BCUT2D eigenvalue weighted by atomic mass is 9.91. The van der Waals surface area contributed by atoms with E-state index < -0.39 is 17.5 Å². The van der Waals surface area contributed by atoms with Crippen LogP contribution in [0.15, 0.2) is 132 Å². The van der Waals surface area contributed by atoms with E-state index in [1.165, 1.54) is 5.01 Å². The van der Waals surface area contributed by atoms with Crippen molar-refractivity contribution in [2.24, 2.45) is 5.10 Å². The van der Waals surface area contributed by atoms with E-state index in [-0.39, 0.29) is 0 Å². The Morgan fingerprint density at radius 2 is 1.36 bits per heavy atom. The van der Waals surface area contributed by atoms with Crippen LogP contribution in [0.1, 0.15) is 35.3 Å². The maximum Gasteiger partial charge on any atom is 0.300 e. The summed E-state index contributed by atoms with van der Waals surface area (Å²) in [6.07, 6.45) is 0. The molecular formula is C37H37N5O2. The highest BCUT2D eigenvalue weighted by atomic mass is 16.2. The maximum atomic E-state index is 14.5. The minimum absolute atomic E-state index is 0.394. The summed E-state index contributed by atoms with van der Waals surface area (Å²) < 4.78 is 0. The standard InChI is InChI=1S/C33H26N4O2.C4H11N/c1-23-19-21-25(22-20-23)31(38)35-33(34-26-13-4-2-5-14-26)30(29-18-10-12-24-11-8-9-17-28(24)29)36-37(32(33)39)27-15-6-3-7-16-27;1-3-5-4-2/h2-22,34H,1H3,(H,35,38);5H,3-4H2,1-2H3. The highest BCUT2D eigenvalue weighted by Gasteiger charge is 2.54. The van der Waals surface area contributed by atoms with Crippen molar-refractivity contribution >= 4 is 39.7 Å². The summed E-state index contributed by atoms with van der Waals surface area (Å²) in [6.45, 7) is 8.35. The molecule has 2 amide bonds. The topological polar surface area (TPSA) is 85.8 Å². The van der Waals surface area contributed by atoms with E-state index in [1.54, 1.807) is 12.1 Å². The van der Waals surface area contributed by atoms with Gasteiger partial charge >= 0.3 is 5.91 Å². The van der Waals surface area contributed by atoms with Gasteiger partial charge in [0.2, 0.25) is 5.66 Å². The van der Waals surface area contributed by atoms with Crippen molar-refractivity contribution in [3.8, 4) is 0 Å². The summed E-state index contributed by atoms with van der Waals surface area (Å²) in [5.41, 5.74) is 2.19. The maximum absolute atomic E-state index is 14.5. The number of carbonyl (C=O) groups is 2. The Morgan fingerprint density at radius 3 is 2.02 bits per heavy atom. The van der Waals surface area contributed by atoms with Gasteiger partial charge in [-0.1, -0.05) is 110 Å². The number of hydrogen-bond acceptors (Lipinski definition) is 5. The molecule has 1 heterocycles. The molecule has 1 atom stereocenters. The highest BCUT2D eigenvalue weighted by molar-refractivity contribution is 6.33. The summed E-state index contributed by atoms with van der Waals surface area (Å²) in [4.78, 5) is 28.3. The number of nitrogens with one attached hydrogen (secondary N) is 3. The van der Waals surface area contributed by atoms with Crippen molar-refractivity contribution in [1.29, 1.82) is 0 Å². The SMILES string of the molecule is CCNCC.Cc1ccc(C(=O)NC2(Nc3ccccc3)C(=O)N(c3ccccc3)N=C2c2cccc3ccccc23)cc1. The van der Waals surface area contributed by atoms with Gasteiger partial charge in [-0.3, -0.25) is 9.59 Å². The number of nitrogens with zero attached hydrogens (tertiary/aromatic N) is 2. The van der Waals surface area contributed by atoms with Crippen molar-refractivity contribution in [2.75, 3.05) is 23.4 Å². The average molecular weight is 584 g/mol. The number of benzene rings is 5. The Balaban J connectivity index is 0.000000712. The molecule has 5 aromatic rings. The first-order valence-electron chi connectivity index (χ1n) is 14.9. The summed E-state index contributed by atoms with van der Waals surface area (Å²) in [5.74, 6) is -0.810. The van der Waals surface area contributed by atoms with E-state index in [0.29, 0.717) is 22.6 Å². The summed E-state index contributed by atoms with van der Waals surface area (Å²) >= 11 is 0. The zero-order chi connectivity index (χ0) is 30.9. The fourth-order valence-corrected chi connectivity index (χ4v) is 5.10. The number of rotatable bonds is 8. The van der Waals surface area contributed by atoms with Crippen LogP contribution in [-0.4, -0.2) is 36.3 Å². The van der Waals surface area contributed by atoms with E-state index in [0.717, 1.165) is 35.0 Å². The monoisotopic (exact) mass is 583 g/mol. The van der Waals surface area contributed by atoms with Gasteiger partial charge in [0.15, 0.2) is 0 Å². The van der Waals surface area contributed by atoms with Crippen molar-refractivity contribution in [3.63, 3.8) is 0 Å². The van der Waals surface area contributed by atoms with Crippen LogP contribution in [0.25, 0.3) is 10.8 Å². The molecule has 0 radical (unpaired) electrons. The molecule has 0 saturated carbocycles. The van der Waals surface area contributed by atoms with Gasteiger partial charge in [0.25, 0.3) is 5.91 Å². The van der Waals surface area contributed by atoms with Gasteiger partial charge in [-0.25, -0.2) is 0 Å². The van der Waals surface area contributed by atoms with E-state index in [4.69, 9.17) is 5.10 Å². The van der Waals surface area contributed by atoms with Crippen molar-refractivity contribution in [3.05, 3.63) is 144 Å². The average Bonchev–Trinajstić information content (AvgIpc) is 3.33. The quantitative estimate of drug-likeness (QED) is 0.176. The molecule has 1 aliphatic heterocycles. The van der Waals surface area contributed by atoms with Crippen LogP contribution >= 0.6 is 0 Å². The molecule has 0 bridgehead atoms. The number of amides is 2. The van der Waals surface area contributed by atoms with Crippen LogP contribution in [-0.2, 0) is 4.79 Å². The minimum atomic E-state index is -1.69. The zero-order valence-corrected chi connectivity index (χ0v) is 25.2. The third kappa shape index (κ3) is 6.38. The van der Waals surface area contributed by atoms with Crippen molar-refractivity contribution < 1.29 is 9.59 Å². The van der Waals surface area contributed by atoms with Gasteiger partial charge in [0, 0.05) is 16.8 Å². The Morgan fingerprint density at radius 1 is 0.750 bits per heavy atom. The highest BCUT2D eigenvalue weighted by Crippen LogP contribution is 2.34. The Labute approximate surface area is 258 Å². The third-order valence-corrected chi connectivity index (χ3v) is 7.33. The lowest BCUT2D eigenvalue weighted by molar-refractivity contribution is -0.120. The van der Waals surface area contributed by atoms with Crippen molar-refractivity contribution in [1.82, 2.24) is 10.6 Å². The lowest BCUT2D eigenvalue weighted by Gasteiger charge is -2.32. The van der Waals surface area contributed by atoms with E-state index in [1.807, 2.05) is 122 Å². The predicted molar refractivity (Wildman–Crippen MR) is 180 cm³/mol. The Kier molecular flexibility index (Phi) is 9.47. The first-order chi connectivity index (χ1) is 21.5. The second-order valence-corrected chi connectivity index (χ2v) is 10.4. The molecule has 5 aromatic carbocycles. The molecule has 6 rings (SSSR count). The molecule has 0 saturated heterocycles. The summed E-state index contributed by atoms with van der Waals surface area (Å²) in [6, 6.07) is 39.7. The number of carbonyl (C=O) groups excluding carboxylic acids is 2. The van der Waals surface area contributed by atoms with Gasteiger partial charge in [-0.15, -0.1) is 0 Å². The largest absolute Gasteiger partial charge is 0.350 e. The first-order valence-corrected chi connectivity index (χ1v) is 14.9. The number of anilines is 2. The molecular weight excluding hydrogens is 546 g/mol. The predicted octanol–water partition coefficient (Wildman–Crippen LogP) is 6.75. The van der Waals surface area contributed by atoms with E-state index in [9.17, 15) is 9.59 Å². The molecule has 0 aromatic heterocycles. The molecule has 44 heavy (non-hydrogen) atoms. The number of fused-ring (bicyclic) bond motifs is 1. The fourth-order valence-electron chi connectivity index (χ4n) is 5.10. The zero-order valence-electron chi connectivity index (χ0n) is 25.2. The molecule has 1 aliphatic rings. The second kappa shape index (κ2) is 13.8. The van der Waals surface area contributed by atoms with Crippen LogP contribution in [0.5, 0.6) is 0 Å². The lowest BCUT2D eigenvalue weighted by Crippen LogP contribution is -2.65. The number of aryl methyl sites for hydroxylation is 1. The van der Waals surface area contributed by atoms with Gasteiger partial charge in [-0.2, -0.15) is 10.1 Å². The van der Waals surface area contributed by atoms with E-state index in [2.05, 4.69) is 29.8 Å². The summed E-state index contributed by atoms with van der Waals surface area (Å²) in [7, 11) is 0. The third-order valence-electron chi connectivity index (χ3n) is 7.33. The molecule has 222 valence electrons. The van der Waals surface area contributed by atoms with Gasteiger partial charge in [-0.05, 0) is 67.2 Å². The van der Waals surface area contributed by atoms with Crippen LogP contribution in [0.3, 0.4) is 0 Å². The second-order valence-electron chi connectivity index (χ2n) is 10.4. The fraction of sp³-hybridized carbons (Fsp3) is 0.162. The van der Waals surface area contributed by atoms with Gasteiger partial charge in [0.05, 0.1) is 5.69 Å². The molecule has 0 spiro atoms. The number of para-hydroxylation sites is 2. The molecule has 7 nitrogen and oxygen atoms in total.